The van der Waals surface area contributed by atoms with E-state index in [9.17, 15) is 14.0 Å². The molecule has 1 aliphatic heterocycles. The second-order valence-corrected chi connectivity index (χ2v) is 4.20. The molecule has 0 saturated carbocycles. The molecule has 1 aromatic carbocycles. The van der Waals surface area contributed by atoms with Crippen LogP contribution in [0.5, 0.6) is 0 Å². The predicted octanol–water partition coefficient (Wildman–Crippen LogP) is 1.07. The summed E-state index contributed by atoms with van der Waals surface area (Å²) in [5.74, 6) is -0.932. The van der Waals surface area contributed by atoms with Gasteiger partial charge in [0.05, 0.1) is 0 Å². The Bertz CT molecular complexity index is 478. The zero-order chi connectivity index (χ0) is 13.1. The van der Waals surface area contributed by atoms with Gasteiger partial charge in [-0.2, -0.15) is 0 Å². The topological polar surface area (TPSA) is 78.4 Å². The Hall–Kier alpha value is -2.11. The van der Waals surface area contributed by atoms with Crippen molar-refractivity contribution in [2.45, 2.75) is 18.4 Å². The van der Waals surface area contributed by atoms with Crippen LogP contribution in [-0.2, 0) is 4.79 Å². The lowest BCUT2D eigenvalue weighted by atomic mass is 9.88. The molecule has 0 spiro atoms. The first kappa shape index (κ1) is 12.3. The number of carbonyl (C=O) groups is 2. The van der Waals surface area contributed by atoms with E-state index in [2.05, 4.69) is 10.6 Å². The number of halogens is 1. The highest BCUT2D eigenvalue weighted by atomic mass is 19.1. The maximum Gasteiger partial charge on any atom is 0.405 e. The van der Waals surface area contributed by atoms with Crippen LogP contribution >= 0.6 is 0 Å². The number of benzene rings is 1. The number of carboxylic acid groups (broad SMARTS) is 1. The summed E-state index contributed by atoms with van der Waals surface area (Å²) >= 11 is 0. The van der Waals surface area contributed by atoms with Crippen molar-refractivity contribution in [3.63, 3.8) is 0 Å². The molecule has 2 amide bonds. The maximum atomic E-state index is 13.6. The highest BCUT2D eigenvalue weighted by molar-refractivity contribution is 5.86. The average molecular weight is 252 g/mol. The van der Waals surface area contributed by atoms with Gasteiger partial charge in [0.1, 0.15) is 11.9 Å². The van der Waals surface area contributed by atoms with Crippen molar-refractivity contribution >= 4 is 12.0 Å². The van der Waals surface area contributed by atoms with E-state index < -0.39 is 12.1 Å². The normalized spacial score (nSPS) is 23.3. The smallest absolute Gasteiger partial charge is 0.405 e. The number of carbonyl (C=O) groups excluding carboxylic acids is 1. The Labute approximate surface area is 103 Å². The second-order valence-electron chi connectivity index (χ2n) is 4.20. The molecule has 1 aliphatic rings. The summed E-state index contributed by atoms with van der Waals surface area (Å²) < 4.78 is 13.6. The van der Waals surface area contributed by atoms with E-state index in [0.29, 0.717) is 12.1 Å². The summed E-state index contributed by atoms with van der Waals surface area (Å²) in [5.41, 5.74) is 0.495. The van der Waals surface area contributed by atoms with Crippen LogP contribution in [0.2, 0.25) is 0 Å². The van der Waals surface area contributed by atoms with Crippen LogP contribution in [0.25, 0.3) is 0 Å². The number of hydrogen-bond acceptors (Lipinski definition) is 2. The van der Waals surface area contributed by atoms with Gasteiger partial charge in [0.2, 0.25) is 5.91 Å². The van der Waals surface area contributed by atoms with Crippen molar-refractivity contribution in [1.29, 1.82) is 0 Å². The molecule has 5 nitrogen and oxygen atoms in total. The molecule has 0 aliphatic carbocycles. The van der Waals surface area contributed by atoms with E-state index in [4.69, 9.17) is 5.11 Å². The molecular formula is C12H13FN2O3. The molecule has 2 rings (SSSR count). The Morgan fingerprint density at radius 3 is 2.83 bits per heavy atom. The first-order chi connectivity index (χ1) is 8.58. The van der Waals surface area contributed by atoms with Gasteiger partial charge in [0.15, 0.2) is 0 Å². The third kappa shape index (κ3) is 2.58. The minimum Gasteiger partial charge on any atom is -0.465 e. The minimum absolute atomic E-state index is 0.222. The summed E-state index contributed by atoms with van der Waals surface area (Å²) in [4.78, 5) is 22.0. The molecule has 1 heterocycles. The number of amides is 2. The Balaban J connectivity index is 2.14. The third-order valence-corrected chi connectivity index (χ3v) is 3.00. The lowest BCUT2D eigenvalue weighted by Gasteiger charge is -2.29. The molecule has 2 atom stereocenters. The zero-order valence-electron chi connectivity index (χ0n) is 9.52. The number of rotatable bonds is 2. The molecule has 96 valence electrons. The number of piperidine rings is 1. The minimum atomic E-state index is -1.26. The maximum absolute atomic E-state index is 13.6. The number of nitrogens with one attached hydrogen (secondary N) is 2. The van der Waals surface area contributed by atoms with Crippen molar-refractivity contribution in [1.82, 2.24) is 10.6 Å². The zero-order valence-corrected chi connectivity index (χ0v) is 9.52. The summed E-state index contributed by atoms with van der Waals surface area (Å²) in [6.07, 6.45) is -0.997. The van der Waals surface area contributed by atoms with Gasteiger partial charge >= 0.3 is 6.09 Å². The fraction of sp³-hybridized carbons (Fsp3) is 0.333. The van der Waals surface area contributed by atoms with Gasteiger partial charge in [0, 0.05) is 12.5 Å². The largest absolute Gasteiger partial charge is 0.465 e. The first-order valence-electron chi connectivity index (χ1n) is 5.59. The van der Waals surface area contributed by atoms with Crippen LogP contribution in [0.4, 0.5) is 9.18 Å². The summed E-state index contributed by atoms with van der Waals surface area (Å²) in [5, 5.41) is 13.3. The molecule has 0 radical (unpaired) electrons. The monoisotopic (exact) mass is 252 g/mol. The lowest BCUT2D eigenvalue weighted by molar-refractivity contribution is -0.124. The van der Waals surface area contributed by atoms with Gasteiger partial charge in [-0.25, -0.2) is 9.18 Å². The molecular weight excluding hydrogens is 239 g/mol. The Morgan fingerprint density at radius 1 is 1.44 bits per heavy atom. The van der Waals surface area contributed by atoms with Crippen LogP contribution < -0.4 is 10.6 Å². The lowest BCUT2D eigenvalue weighted by Crippen LogP contribution is -2.52. The predicted molar refractivity (Wildman–Crippen MR) is 61.7 cm³/mol. The summed E-state index contributed by atoms with van der Waals surface area (Å²) in [6.45, 7) is 0.317. The molecule has 0 aromatic heterocycles. The molecule has 1 fully saturated rings. The SMILES string of the molecule is O=C(O)N[C@H]1C[C@@H](c2ccccc2F)CNC1=O. The third-order valence-electron chi connectivity index (χ3n) is 3.00. The first-order valence-corrected chi connectivity index (χ1v) is 5.59. The van der Waals surface area contributed by atoms with E-state index in [-0.39, 0.29) is 24.1 Å². The molecule has 3 N–H and O–H groups in total. The van der Waals surface area contributed by atoms with Gasteiger partial charge in [-0.15, -0.1) is 0 Å². The molecule has 1 saturated heterocycles. The van der Waals surface area contributed by atoms with Crippen LogP contribution in [0.15, 0.2) is 24.3 Å². The second kappa shape index (κ2) is 5.03. The Kier molecular flexibility index (Phi) is 3.45. The van der Waals surface area contributed by atoms with Gasteiger partial charge in [-0.3, -0.25) is 4.79 Å². The van der Waals surface area contributed by atoms with Crippen molar-refractivity contribution in [2.75, 3.05) is 6.54 Å². The van der Waals surface area contributed by atoms with Crippen molar-refractivity contribution in [2.24, 2.45) is 0 Å². The van der Waals surface area contributed by atoms with E-state index in [0.717, 1.165) is 0 Å². The highest BCUT2D eigenvalue weighted by Crippen LogP contribution is 2.25. The van der Waals surface area contributed by atoms with Crippen molar-refractivity contribution in [3.8, 4) is 0 Å². The quantitative estimate of drug-likeness (QED) is 0.736. The molecule has 6 heteroatoms. The Morgan fingerprint density at radius 2 is 2.17 bits per heavy atom. The van der Waals surface area contributed by atoms with E-state index in [1.165, 1.54) is 6.07 Å². The van der Waals surface area contributed by atoms with Gasteiger partial charge in [0.25, 0.3) is 0 Å². The fourth-order valence-corrected chi connectivity index (χ4v) is 2.14. The van der Waals surface area contributed by atoms with Gasteiger partial charge < -0.3 is 15.7 Å². The van der Waals surface area contributed by atoms with Crippen molar-refractivity contribution in [3.05, 3.63) is 35.6 Å². The van der Waals surface area contributed by atoms with E-state index in [1.807, 2.05) is 0 Å². The average Bonchev–Trinajstić information content (AvgIpc) is 2.32. The van der Waals surface area contributed by atoms with Gasteiger partial charge in [-0.1, -0.05) is 18.2 Å². The van der Waals surface area contributed by atoms with Crippen LogP contribution in [-0.4, -0.2) is 29.7 Å². The highest BCUT2D eigenvalue weighted by Gasteiger charge is 2.31. The van der Waals surface area contributed by atoms with E-state index in [1.54, 1.807) is 18.2 Å². The van der Waals surface area contributed by atoms with Crippen molar-refractivity contribution < 1.29 is 19.1 Å². The molecule has 1 aromatic rings. The van der Waals surface area contributed by atoms with Crippen LogP contribution in [0.1, 0.15) is 17.9 Å². The fourth-order valence-electron chi connectivity index (χ4n) is 2.14. The molecule has 0 unspecified atom stereocenters. The number of hydrogen-bond donors (Lipinski definition) is 3. The summed E-state index contributed by atoms with van der Waals surface area (Å²) in [6, 6.07) is 5.48. The molecule has 18 heavy (non-hydrogen) atoms. The summed E-state index contributed by atoms with van der Waals surface area (Å²) in [7, 11) is 0. The molecule has 0 bridgehead atoms. The van der Waals surface area contributed by atoms with Crippen LogP contribution in [0, 0.1) is 5.82 Å². The van der Waals surface area contributed by atoms with Crippen LogP contribution in [0.3, 0.4) is 0 Å². The van der Waals surface area contributed by atoms with E-state index >= 15 is 0 Å². The standard InChI is InChI=1S/C12H13FN2O3/c13-9-4-2-1-3-8(9)7-5-10(15-12(17)18)11(16)14-6-7/h1-4,7,10,15H,5-6H2,(H,14,16)(H,17,18)/t7-,10+/m1/s1. The van der Waals surface area contributed by atoms with Gasteiger partial charge in [-0.05, 0) is 18.1 Å².